The molecule has 228 valence electrons. The number of rotatable bonds is 6. The van der Waals surface area contributed by atoms with Crippen LogP contribution in [0.5, 0.6) is 17.2 Å². The monoisotopic (exact) mass is 590 g/mol. The number of hydrogen-bond donors (Lipinski definition) is 0. The number of carbonyl (C=O) groups is 1. The molecule has 2 aliphatic carbocycles. The third-order valence-electron chi connectivity index (χ3n) is 10.6. The van der Waals surface area contributed by atoms with Gasteiger partial charge in [0.1, 0.15) is 5.75 Å². The SMILES string of the molecule is COc1cc2c(cc1OC)[C@H](Cc1cccc(OC3=C[C@]4(C=CC3=O)C[C@H]3c5c(cc(C)c(C)c54)CCN3C)c1)N(C)CC2. The van der Waals surface area contributed by atoms with Crippen molar-refractivity contribution in [3.05, 3.63) is 111 Å². The first kappa shape index (κ1) is 28.9. The van der Waals surface area contributed by atoms with Crippen LogP contribution in [0.15, 0.2) is 66.5 Å². The first-order valence-electron chi connectivity index (χ1n) is 15.7. The van der Waals surface area contributed by atoms with Crippen molar-refractivity contribution in [1.29, 1.82) is 0 Å². The molecule has 44 heavy (non-hydrogen) atoms. The fourth-order valence-electron chi connectivity index (χ4n) is 8.07. The number of fused-ring (bicyclic) bond motifs is 2. The second kappa shape index (κ2) is 10.9. The van der Waals surface area contributed by atoms with Crippen LogP contribution in [0.4, 0.5) is 0 Å². The van der Waals surface area contributed by atoms with E-state index in [1.807, 2.05) is 12.1 Å². The molecule has 0 aromatic heterocycles. The number of nitrogens with zero attached hydrogens (tertiary/aromatic N) is 2. The molecule has 2 heterocycles. The van der Waals surface area contributed by atoms with Crippen LogP contribution in [0, 0.1) is 13.8 Å². The molecule has 0 unspecified atom stereocenters. The Morgan fingerprint density at radius 3 is 2.48 bits per heavy atom. The summed E-state index contributed by atoms with van der Waals surface area (Å²) in [5, 5.41) is 0. The van der Waals surface area contributed by atoms with Crippen LogP contribution in [0.2, 0.25) is 0 Å². The quantitative estimate of drug-likeness (QED) is 0.333. The van der Waals surface area contributed by atoms with Crippen LogP contribution in [-0.2, 0) is 29.5 Å². The van der Waals surface area contributed by atoms with Crippen molar-refractivity contribution in [3.8, 4) is 17.2 Å². The molecule has 2 aliphatic heterocycles. The Morgan fingerprint density at radius 1 is 0.932 bits per heavy atom. The highest BCUT2D eigenvalue weighted by Gasteiger charge is 2.48. The minimum absolute atomic E-state index is 0.0817. The van der Waals surface area contributed by atoms with Crippen molar-refractivity contribution in [2.75, 3.05) is 41.4 Å². The summed E-state index contributed by atoms with van der Waals surface area (Å²) in [5.41, 5.74) is 10.3. The molecule has 7 rings (SSSR count). The maximum absolute atomic E-state index is 13.3. The van der Waals surface area contributed by atoms with Crippen molar-refractivity contribution in [2.24, 2.45) is 0 Å². The van der Waals surface area contributed by atoms with Crippen molar-refractivity contribution in [2.45, 2.75) is 57.0 Å². The number of carbonyl (C=O) groups excluding carboxylic acids is 1. The van der Waals surface area contributed by atoms with Crippen LogP contribution >= 0.6 is 0 Å². The Bertz CT molecular complexity index is 1720. The Morgan fingerprint density at radius 2 is 1.68 bits per heavy atom. The topological polar surface area (TPSA) is 51.2 Å². The van der Waals surface area contributed by atoms with E-state index in [4.69, 9.17) is 14.2 Å². The summed E-state index contributed by atoms with van der Waals surface area (Å²) in [4.78, 5) is 18.2. The minimum Gasteiger partial charge on any atom is -0.493 e. The predicted molar refractivity (Wildman–Crippen MR) is 173 cm³/mol. The number of allylic oxidation sites excluding steroid dienone is 3. The molecule has 3 aromatic rings. The zero-order chi connectivity index (χ0) is 30.7. The summed E-state index contributed by atoms with van der Waals surface area (Å²) in [6, 6.07) is 15.4. The zero-order valence-corrected chi connectivity index (χ0v) is 26.7. The number of likely N-dealkylation sites (N-methyl/N-ethyl adjacent to an activating group) is 2. The molecule has 3 aromatic carbocycles. The van der Waals surface area contributed by atoms with Gasteiger partial charge in [0.05, 0.1) is 14.2 Å². The molecule has 0 N–H and O–H groups in total. The summed E-state index contributed by atoms with van der Waals surface area (Å²) < 4.78 is 17.7. The number of ketones is 1. The van der Waals surface area contributed by atoms with E-state index in [0.29, 0.717) is 17.6 Å². The van der Waals surface area contributed by atoms with E-state index in [0.717, 1.165) is 55.8 Å². The fraction of sp³-hybridized carbons (Fsp3) is 0.395. The molecule has 0 saturated heterocycles. The Labute approximate surface area is 260 Å². The molecule has 0 fully saturated rings. The van der Waals surface area contributed by atoms with Crippen LogP contribution < -0.4 is 14.2 Å². The largest absolute Gasteiger partial charge is 0.493 e. The lowest BCUT2D eigenvalue weighted by molar-refractivity contribution is -0.113. The third-order valence-corrected chi connectivity index (χ3v) is 10.6. The Hall–Kier alpha value is -3.87. The van der Waals surface area contributed by atoms with Crippen LogP contribution in [0.1, 0.15) is 63.0 Å². The number of hydrogen-bond acceptors (Lipinski definition) is 6. The lowest BCUT2D eigenvalue weighted by atomic mass is 9.75. The van der Waals surface area contributed by atoms with Crippen LogP contribution in [0.25, 0.3) is 0 Å². The molecule has 4 aliphatic rings. The smallest absolute Gasteiger partial charge is 0.220 e. The zero-order valence-electron chi connectivity index (χ0n) is 26.7. The number of benzene rings is 3. The maximum atomic E-state index is 13.3. The maximum Gasteiger partial charge on any atom is 0.220 e. The molecule has 3 atom stereocenters. The molecule has 0 bridgehead atoms. The molecular weight excluding hydrogens is 548 g/mol. The van der Waals surface area contributed by atoms with E-state index in [2.05, 4.69) is 80.2 Å². The van der Waals surface area contributed by atoms with Gasteiger partial charge in [-0.1, -0.05) is 24.3 Å². The van der Waals surface area contributed by atoms with Crippen molar-refractivity contribution in [1.82, 2.24) is 9.80 Å². The van der Waals surface area contributed by atoms with Crippen molar-refractivity contribution in [3.63, 3.8) is 0 Å². The van der Waals surface area contributed by atoms with Gasteiger partial charge in [-0.15, -0.1) is 0 Å². The Balaban J connectivity index is 1.20. The van der Waals surface area contributed by atoms with Crippen LogP contribution in [-0.4, -0.2) is 57.0 Å². The number of methoxy groups -OCH3 is 2. The lowest BCUT2D eigenvalue weighted by Gasteiger charge is -2.35. The first-order valence-corrected chi connectivity index (χ1v) is 15.7. The van der Waals surface area contributed by atoms with Gasteiger partial charge in [-0.05, 0) is 135 Å². The molecule has 6 nitrogen and oxygen atoms in total. The summed E-state index contributed by atoms with van der Waals surface area (Å²) in [7, 11) is 7.78. The minimum atomic E-state index is -0.348. The molecule has 1 spiro atoms. The summed E-state index contributed by atoms with van der Waals surface area (Å²) in [6.07, 6.45) is 9.76. The fourth-order valence-corrected chi connectivity index (χ4v) is 8.07. The highest BCUT2D eigenvalue weighted by atomic mass is 16.5. The number of aryl methyl sites for hydroxylation is 1. The van der Waals surface area contributed by atoms with Gasteiger partial charge in [0.25, 0.3) is 0 Å². The van der Waals surface area contributed by atoms with Crippen LogP contribution in [0.3, 0.4) is 0 Å². The van der Waals surface area contributed by atoms with Gasteiger partial charge in [-0.25, -0.2) is 0 Å². The normalized spacial score (nSPS) is 24.2. The van der Waals surface area contributed by atoms with E-state index in [-0.39, 0.29) is 17.2 Å². The molecule has 6 heteroatoms. The van der Waals surface area contributed by atoms with Gasteiger partial charge in [0.2, 0.25) is 5.78 Å². The molecule has 0 radical (unpaired) electrons. The van der Waals surface area contributed by atoms with E-state index in [9.17, 15) is 4.79 Å². The lowest BCUT2D eigenvalue weighted by Crippen LogP contribution is -2.33. The van der Waals surface area contributed by atoms with Gasteiger partial charge in [-0.3, -0.25) is 14.6 Å². The highest BCUT2D eigenvalue weighted by Crippen LogP contribution is 2.55. The van der Waals surface area contributed by atoms with E-state index < -0.39 is 0 Å². The van der Waals surface area contributed by atoms with Crippen molar-refractivity contribution >= 4 is 5.78 Å². The van der Waals surface area contributed by atoms with Gasteiger partial charge >= 0.3 is 0 Å². The molecular formula is C38H42N2O4. The third kappa shape index (κ3) is 4.67. The second-order valence-electron chi connectivity index (χ2n) is 13.1. The standard InChI is InChI=1S/C38H42N2O4/c1-23-16-27-12-15-40(4)31-21-38(37(24(23)2)36(27)31)13-10-32(41)35(22-38)44-28-9-7-8-25(17-28)18-30-29-20-34(43-6)33(42-5)19-26(29)11-14-39(30)3/h7-10,13,16-17,19-20,22,30-31H,11-12,14-15,18,21H2,1-6H3/t30-,31-,38-/m0/s1. The highest BCUT2D eigenvalue weighted by molar-refractivity contribution is 6.04. The van der Waals surface area contributed by atoms with Gasteiger partial charge < -0.3 is 14.2 Å². The molecule has 0 saturated carbocycles. The average Bonchev–Trinajstić information content (AvgIpc) is 3.36. The van der Waals surface area contributed by atoms with E-state index >= 15 is 0 Å². The first-order chi connectivity index (χ1) is 21.2. The second-order valence-corrected chi connectivity index (χ2v) is 13.1. The predicted octanol–water partition coefficient (Wildman–Crippen LogP) is 6.36. The summed E-state index contributed by atoms with van der Waals surface area (Å²) >= 11 is 0. The van der Waals surface area contributed by atoms with Gasteiger partial charge in [-0.2, -0.15) is 0 Å². The van der Waals surface area contributed by atoms with E-state index in [1.165, 1.54) is 38.9 Å². The van der Waals surface area contributed by atoms with Gasteiger partial charge in [0, 0.05) is 30.6 Å². The number of ether oxygens (including phenoxy) is 3. The summed E-state index contributed by atoms with van der Waals surface area (Å²) in [5.74, 6) is 2.55. The summed E-state index contributed by atoms with van der Waals surface area (Å²) in [6.45, 7) is 6.47. The van der Waals surface area contributed by atoms with Gasteiger partial charge in [0.15, 0.2) is 17.3 Å². The van der Waals surface area contributed by atoms with Crippen molar-refractivity contribution < 1.29 is 19.0 Å². The van der Waals surface area contributed by atoms with E-state index in [1.54, 1.807) is 20.3 Å². The Kier molecular flexibility index (Phi) is 7.18. The molecule has 0 amide bonds. The average molecular weight is 591 g/mol.